The van der Waals surface area contributed by atoms with Crippen LogP contribution in [0.25, 0.3) is 0 Å². The Kier molecular flexibility index (Phi) is 6.75. The van der Waals surface area contributed by atoms with Crippen LogP contribution in [0.2, 0.25) is 0 Å². The molecule has 1 N–H and O–H groups in total. The van der Waals surface area contributed by atoms with Gasteiger partial charge in [0.05, 0.1) is 17.2 Å². The second-order valence-electron chi connectivity index (χ2n) is 7.11. The van der Waals surface area contributed by atoms with Gasteiger partial charge in [-0.3, -0.25) is 29.6 Å². The zero-order chi connectivity index (χ0) is 23.2. The Bertz CT molecular complexity index is 1200. The predicted octanol–water partition coefficient (Wildman–Crippen LogP) is 4.15. The number of benzene rings is 2. The molecule has 4 rings (SSSR count). The second-order valence-corrected chi connectivity index (χ2v) is 8.28. The first-order chi connectivity index (χ1) is 16.0. The van der Waals surface area contributed by atoms with Crippen molar-refractivity contribution in [3.05, 3.63) is 94.8 Å². The lowest BCUT2D eigenvalue weighted by Crippen LogP contribution is -2.33. The number of amidine groups is 1. The molecule has 2 heterocycles. The summed E-state index contributed by atoms with van der Waals surface area (Å²) in [5, 5.41) is 13.8. The van der Waals surface area contributed by atoms with Gasteiger partial charge in [0.1, 0.15) is 10.9 Å². The van der Waals surface area contributed by atoms with Gasteiger partial charge < -0.3 is 5.32 Å². The normalized spacial score (nSPS) is 16.7. The Morgan fingerprint density at radius 3 is 2.55 bits per heavy atom. The SMILES string of the molecule is O=C(CC1SC(=Nc2ccccc2[N+](=O)[O-])N(Cc2ccccn2)C1=O)Nc1ccccc1. The van der Waals surface area contributed by atoms with Crippen molar-refractivity contribution in [1.82, 2.24) is 9.88 Å². The summed E-state index contributed by atoms with van der Waals surface area (Å²) in [7, 11) is 0. The summed E-state index contributed by atoms with van der Waals surface area (Å²) in [6.07, 6.45) is 1.56. The van der Waals surface area contributed by atoms with Crippen LogP contribution >= 0.6 is 11.8 Å². The van der Waals surface area contributed by atoms with E-state index in [4.69, 9.17) is 0 Å². The van der Waals surface area contributed by atoms with Gasteiger partial charge >= 0.3 is 0 Å². The summed E-state index contributed by atoms with van der Waals surface area (Å²) in [5.74, 6) is -0.608. The lowest BCUT2D eigenvalue weighted by Gasteiger charge is -2.16. The molecule has 1 unspecified atom stereocenters. The first kappa shape index (κ1) is 22.2. The molecule has 10 heteroatoms. The minimum atomic E-state index is -0.709. The van der Waals surface area contributed by atoms with E-state index >= 15 is 0 Å². The van der Waals surface area contributed by atoms with Crippen LogP contribution in [0.5, 0.6) is 0 Å². The number of hydrogen-bond donors (Lipinski definition) is 1. The number of pyridine rings is 1. The van der Waals surface area contributed by atoms with Gasteiger partial charge in [-0.05, 0) is 30.3 Å². The molecular weight excluding hydrogens is 442 g/mol. The summed E-state index contributed by atoms with van der Waals surface area (Å²) >= 11 is 1.12. The van der Waals surface area contributed by atoms with Crippen LogP contribution in [-0.4, -0.2) is 37.0 Å². The van der Waals surface area contributed by atoms with E-state index in [2.05, 4.69) is 15.3 Å². The van der Waals surface area contributed by atoms with Gasteiger partial charge in [0.25, 0.3) is 5.69 Å². The number of thioether (sulfide) groups is 1. The number of para-hydroxylation sites is 3. The van der Waals surface area contributed by atoms with Gasteiger partial charge in [0, 0.05) is 24.4 Å². The molecule has 166 valence electrons. The molecule has 1 aliphatic heterocycles. The Balaban J connectivity index is 1.60. The number of aromatic nitrogens is 1. The van der Waals surface area contributed by atoms with Crippen molar-refractivity contribution in [2.24, 2.45) is 4.99 Å². The Morgan fingerprint density at radius 2 is 1.82 bits per heavy atom. The van der Waals surface area contributed by atoms with Gasteiger partial charge in [0.15, 0.2) is 5.17 Å². The molecule has 0 radical (unpaired) electrons. The number of carbonyl (C=O) groups excluding carboxylic acids is 2. The molecule has 1 aromatic heterocycles. The van der Waals surface area contributed by atoms with Crippen molar-refractivity contribution in [2.75, 3.05) is 5.32 Å². The Hall–Kier alpha value is -4.05. The van der Waals surface area contributed by atoms with E-state index in [0.29, 0.717) is 11.4 Å². The average Bonchev–Trinajstić information content (AvgIpc) is 3.09. The summed E-state index contributed by atoms with van der Waals surface area (Å²) in [4.78, 5) is 46.7. The van der Waals surface area contributed by atoms with Gasteiger partial charge in [-0.25, -0.2) is 4.99 Å². The monoisotopic (exact) mass is 461 g/mol. The van der Waals surface area contributed by atoms with Crippen LogP contribution in [0.1, 0.15) is 12.1 Å². The number of nitrogens with zero attached hydrogens (tertiary/aromatic N) is 4. The maximum atomic E-state index is 13.2. The van der Waals surface area contributed by atoms with Crippen LogP contribution in [0, 0.1) is 10.1 Å². The minimum Gasteiger partial charge on any atom is -0.326 e. The molecule has 2 amide bonds. The fourth-order valence-electron chi connectivity index (χ4n) is 3.24. The fourth-order valence-corrected chi connectivity index (χ4v) is 4.39. The molecule has 3 aromatic rings. The molecule has 0 bridgehead atoms. The number of rotatable bonds is 7. The third-order valence-electron chi connectivity index (χ3n) is 4.79. The van der Waals surface area contributed by atoms with Crippen molar-refractivity contribution in [3.8, 4) is 0 Å². The zero-order valence-electron chi connectivity index (χ0n) is 17.3. The topological polar surface area (TPSA) is 118 Å². The molecule has 0 aliphatic carbocycles. The molecule has 1 aliphatic rings. The Morgan fingerprint density at radius 1 is 1.09 bits per heavy atom. The fraction of sp³-hybridized carbons (Fsp3) is 0.130. The predicted molar refractivity (Wildman–Crippen MR) is 126 cm³/mol. The lowest BCUT2D eigenvalue weighted by molar-refractivity contribution is -0.384. The highest BCUT2D eigenvalue weighted by atomic mass is 32.2. The lowest BCUT2D eigenvalue weighted by atomic mass is 10.2. The van der Waals surface area contributed by atoms with Crippen molar-refractivity contribution < 1.29 is 14.5 Å². The Labute approximate surface area is 193 Å². The van der Waals surface area contributed by atoms with E-state index in [-0.39, 0.29) is 41.3 Å². The van der Waals surface area contributed by atoms with E-state index in [1.54, 1.807) is 60.8 Å². The van der Waals surface area contributed by atoms with Gasteiger partial charge in [-0.15, -0.1) is 0 Å². The summed E-state index contributed by atoms with van der Waals surface area (Å²) < 4.78 is 0. The van der Waals surface area contributed by atoms with Gasteiger partial charge in [0.2, 0.25) is 11.8 Å². The van der Waals surface area contributed by atoms with Crippen molar-refractivity contribution in [3.63, 3.8) is 0 Å². The second kappa shape index (κ2) is 10.0. The molecule has 0 spiro atoms. The highest BCUT2D eigenvalue weighted by molar-refractivity contribution is 8.15. The highest BCUT2D eigenvalue weighted by Gasteiger charge is 2.39. The molecule has 33 heavy (non-hydrogen) atoms. The van der Waals surface area contributed by atoms with E-state index in [1.165, 1.54) is 17.0 Å². The van der Waals surface area contributed by atoms with Gasteiger partial charge in [-0.2, -0.15) is 0 Å². The maximum Gasteiger partial charge on any atom is 0.294 e. The van der Waals surface area contributed by atoms with Crippen molar-refractivity contribution in [2.45, 2.75) is 18.2 Å². The van der Waals surface area contributed by atoms with Crippen molar-refractivity contribution >= 4 is 45.8 Å². The number of nitro groups is 1. The van der Waals surface area contributed by atoms with Crippen LogP contribution in [0.3, 0.4) is 0 Å². The number of carbonyl (C=O) groups is 2. The summed E-state index contributed by atoms with van der Waals surface area (Å²) in [6.45, 7) is 0.142. The number of nitrogens with one attached hydrogen (secondary N) is 1. The first-order valence-electron chi connectivity index (χ1n) is 10.1. The molecule has 1 saturated heterocycles. The van der Waals surface area contributed by atoms with Crippen LogP contribution < -0.4 is 5.32 Å². The van der Waals surface area contributed by atoms with Crippen LogP contribution in [0.4, 0.5) is 17.1 Å². The highest BCUT2D eigenvalue weighted by Crippen LogP contribution is 2.35. The average molecular weight is 462 g/mol. The molecule has 0 saturated carbocycles. The molecule has 2 aromatic carbocycles. The number of amides is 2. The third kappa shape index (κ3) is 5.42. The van der Waals surface area contributed by atoms with Crippen LogP contribution in [0.15, 0.2) is 84.0 Å². The van der Waals surface area contributed by atoms with Crippen molar-refractivity contribution in [1.29, 1.82) is 0 Å². The number of hydrogen-bond acceptors (Lipinski definition) is 7. The van der Waals surface area contributed by atoms with E-state index in [9.17, 15) is 19.7 Å². The van der Waals surface area contributed by atoms with E-state index in [1.807, 2.05) is 6.07 Å². The van der Waals surface area contributed by atoms with E-state index in [0.717, 1.165) is 11.8 Å². The quantitative estimate of drug-likeness (QED) is 0.417. The maximum absolute atomic E-state index is 13.2. The minimum absolute atomic E-state index is 0.0625. The van der Waals surface area contributed by atoms with Crippen LogP contribution in [-0.2, 0) is 16.1 Å². The standard InChI is InChI=1S/C23H19N5O4S/c29-21(25-16-8-2-1-3-9-16)14-20-22(30)27(15-17-10-6-7-13-24-17)23(33-20)26-18-11-4-5-12-19(18)28(31)32/h1-13,20H,14-15H2,(H,25,29). The number of nitro benzene ring substituents is 1. The molecule has 1 atom stereocenters. The molecule has 9 nitrogen and oxygen atoms in total. The zero-order valence-corrected chi connectivity index (χ0v) is 18.1. The first-order valence-corrected chi connectivity index (χ1v) is 10.9. The van der Waals surface area contributed by atoms with E-state index < -0.39 is 10.2 Å². The molecular formula is C23H19N5O4S. The smallest absolute Gasteiger partial charge is 0.294 e. The number of aliphatic imine (C=N–C) groups is 1. The van der Waals surface area contributed by atoms with Gasteiger partial charge in [-0.1, -0.05) is 48.2 Å². The largest absolute Gasteiger partial charge is 0.326 e. The molecule has 1 fully saturated rings. The number of anilines is 1. The third-order valence-corrected chi connectivity index (χ3v) is 5.96. The summed E-state index contributed by atoms with van der Waals surface area (Å²) in [5.41, 5.74) is 1.24. The summed E-state index contributed by atoms with van der Waals surface area (Å²) in [6, 6.07) is 20.4.